The fourth-order valence-electron chi connectivity index (χ4n) is 2.32. The molecule has 0 spiro atoms. The summed E-state index contributed by atoms with van der Waals surface area (Å²) >= 11 is 2.96. The van der Waals surface area contributed by atoms with Gasteiger partial charge in [0.2, 0.25) is 5.91 Å². The van der Waals surface area contributed by atoms with Crippen molar-refractivity contribution in [2.24, 2.45) is 0 Å². The van der Waals surface area contributed by atoms with Crippen LogP contribution in [-0.2, 0) is 20.4 Å². The van der Waals surface area contributed by atoms with E-state index in [9.17, 15) is 13.2 Å². The first kappa shape index (κ1) is 17.9. The molecule has 1 N–H and O–H groups in total. The van der Waals surface area contributed by atoms with E-state index in [1.54, 1.807) is 36.0 Å². The first-order valence-corrected chi connectivity index (χ1v) is 11.3. The summed E-state index contributed by atoms with van der Waals surface area (Å²) in [7, 11) is -3.53. The van der Waals surface area contributed by atoms with Crippen molar-refractivity contribution < 1.29 is 13.2 Å². The van der Waals surface area contributed by atoms with Crippen LogP contribution in [0.15, 0.2) is 53.4 Å². The van der Waals surface area contributed by atoms with E-state index in [1.165, 1.54) is 11.3 Å². The van der Waals surface area contributed by atoms with Gasteiger partial charge in [0.1, 0.15) is 5.75 Å². The number of thiazole rings is 1. The largest absolute Gasteiger partial charge is 0.301 e. The lowest BCUT2D eigenvalue weighted by molar-refractivity contribution is -0.113. The van der Waals surface area contributed by atoms with Crippen LogP contribution in [0.4, 0.5) is 5.13 Å². The van der Waals surface area contributed by atoms with Gasteiger partial charge >= 0.3 is 0 Å². The average Bonchev–Trinajstić information content (AvgIpc) is 2.95. The minimum absolute atomic E-state index is 0.155. The number of anilines is 1. The molecular weight excluding hydrogens is 376 g/mol. The van der Waals surface area contributed by atoms with Crippen molar-refractivity contribution >= 4 is 54.2 Å². The molecule has 0 atom stereocenters. The highest BCUT2D eigenvalue weighted by Crippen LogP contribution is 2.29. The topological polar surface area (TPSA) is 76.1 Å². The number of nitrogens with zero attached hydrogens (tertiary/aromatic N) is 1. The monoisotopic (exact) mass is 392 g/mol. The van der Waals surface area contributed by atoms with E-state index >= 15 is 0 Å². The quantitative estimate of drug-likeness (QED) is 0.649. The minimum atomic E-state index is -3.53. The number of fused-ring (bicyclic) bond motifs is 1. The van der Waals surface area contributed by atoms with Gasteiger partial charge in [-0.15, -0.1) is 11.8 Å². The Morgan fingerprint density at radius 1 is 1.20 bits per heavy atom. The lowest BCUT2D eigenvalue weighted by atomic mass is 10.2. The van der Waals surface area contributed by atoms with Crippen molar-refractivity contribution in [2.45, 2.75) is 10.6 Å². The standard InChI is InChI=1S/C17H16N2O3S3/c1-23-13-7-8-14-15(9-13)24-17(18-14)19-16(20)11-25(21,22)10-12-5-3-2-4-6-12/h2-9H,10-11H2,1H3,(H,18,19,20). The van der Waals surface area contributed by atoms with Gasteiger partial charge in [0.25, 0.3) is 0 Å². The molecule has 25 heavy (non-hydrogen) atoms. The molecule has 2 aromatic carbocycles. The van der Waals surface area contributed by atoms with Crippen LogP contribution in [0.2, 0.25) is 0 Å². The van der Waals surface area contributed by atoms with Crippen molar-refractivity contribution in [3.63, 3.8) is 0 Å². The number of aromatic nitrogens is 1. The molecular formula is C17H16N2O3S3. The molecule has 0 aliphatic carbocycles. The fourth-order valence-corrected chi connectivity index (χ4v) is 5.03. The summed E-state index contributed by atoms with van der Waals surface area (Å²) in [5.74, 6) is -1.29. The number of hydrogen-bond donors (Lipinski definition) is 1. The number of hydrogen-bond acceptors (Lipinski definition) is 6. The van der Waals surface area contributed by atoms with Gasteiger partial charge in [-0.3, -0.25) is 4.79 Å². The molecule has 0 fully saturated rings. The first-order chi connectivity index (χ1) is 11.9. The van der Waals surface area contributed by atoms with Gasteiger partial charge in [-0.2, -0.15) is 0 Å². The summed E-state index contributed by atoms with van der Waals surface area (Å²) in [6, 6.07) is 14.7. The highest BCUT2D eigenvalue weighted by Gasteiger charge is 2.18. The Morgan fingerprint density at radius 3 is 2.68 bits per heavy atom. The molecule has 0 aliphatic heterocycles. The predicted molar refractivity (Wildman–Crippen MR) is 104 cm³/mol. The molecule has 1 aromatic heterocycles. The predicted octanol–water partition coefficient (Wildman–Crippen LogP) is 3.57. The van der Waals surface area contributed by atoms with Crippen LogP contribution in [0.25, 0.3) is 10.2 Å². The minimum Gasteiger partial charge on any atom is -0.301 e. The number of carbonyl (C=O) groups is 1. The van der Waals surface area contributed by atoms with Gasteiger partial charge < -0.3 is 5.32 Å². The van der Waals surface area contributed by atoms with Crippen LogP contribution >= 0.6 is 23.1 Å². The lowest BCUT2D eigenvalue weighted by Gasteiger charge is -2.04. The van der Waals surface area contributed by atoms with Crippen LogP contribution < -0.4 is 5.32 Å². The van der Waals surface area contributed by atoms with E-state index in [0.29, 0.717) is 10.7 Å². The van der Waals surface area contributed by atoms with Crippen LogP contribution in [0, 0.1) is 0 Å². The third-order valence-corrected chi connectivity index (χ3v) is 6.56. The number of nitrogens with one attached hydrogen (secondary N) is 1. The normalized spacial score (nSPS) is 11.6. The second-order valence-corrected chi connectivity index (χ2v) is 9.39. The number of thioether (sulfide) groups is 1. The summed E-state index contributed by atoms with van der Waals surface area (Å²) < 4.78 is 25.3. The highest BCUT2D eigenvalue weighted by atomic mass is 32.2. The van der Waals surface area contributed by atoms with E-state index < -0.39 is 21.5 Å². The second kappa shape index (κ2) is 7.55. The van der Waals surface area contributed by atoms with Gasteiger partial charge in [0.05, 0.1) is 16.0 Å². The number of sulfone groups is 1. The Kier molecular flexibility index (Phi) is 5.41. The van der Waals surface area contributed by atoms with E-state index in [-0.39, 0.29) is 5.75 Å². The Balaban J connectivity index is 1.67. The summed E-state index contributed by atoms with van der Waals surface area (Å²) in [4.78, 5) is 17.5. The van der Waals surface area contributed by atoms with Crippen molar-refractivity contribution in [3.8, 4) is 0 Å². The van der Waals surface area contributed by atoms with Crippen molar-refractivity contribution in [3.05, 3.63) is 54.1 Å². The second-order valence-electron chi connectivity index (χ2n) is 5.42. The third kappa shape index (κ3) is 4.81. The third-order valence-electron chi connectivity index (χ3n) is 3.42. The molecule has 3 aromatic rings. The smallest absolute Gasteiger partial charge is 0.241 e. The van der Waals surface area contributed by atoms with Gasteiger partial charge in [0.15, 0.2) is 15.0 Å². The zero-order valence-corrected chi connectivity index (χ0v) is 15.9. The number of benzene rings is 2. The van der Waals surface area contributed by atoms with Crippen LogP contribution in [-0.4, -0.2) is 31.3 Å². The molecule has 1 amide bonds. The van der Waals surface area contributed by atoms with Gasteiger partial charge in [0, 0.05) is 4.90 Å². The van der Waals surface area contributed by atoms with Crippen LogP contribution in [0.3, 0.4) is 0 Å². The van der Waals surface area contributed by atoms with Gasteiger partial charge in [-0.25, -0.2) is 13.4 Å². The average molecular weight is 393 g/mol. The van der Waals surface area contributed by atoms with Crippen molar-refractivity contribution in [1.82, 2.24) is 4.98 Å². The highest BCUT2D eigenvalue weighted by molar-refractivity contribution is 7.98. The summed E-state index contributed by atoms with van der Waals surface area (Å²) in [6.07, 6.45) is 1.99. The van der Waals surface area contributed by atoms with E-state index in [0.717, 1.165) is 15.1 Å². The van der Waals surface area contributed by atoms with Gasteiger partial charge in [-0.05, 0) is 30.0 Å². The zero-order valence-electron chi connectivity index (χ0n) is 13.4. The molecule has 0 saturated carbocycles. The fraction of sp³-hybridized carbons (Fsp3) is 0.176. The first-order valence-electron chi connectivity index (χ1n) is 7.44. The SMILES string of the molecule is CSc1ccc2nc(NC(=O)CS(=O)(=O)Cc3ccccc3)sc2c1. The molecule has 0 saturated heterocycles. The molecule has 0 unspecified atom stereocenters. The molecule has 0 radical (unpaired) electrons. The molecule has 1 heterocycles. The summed E-state index contributed by atoms with van der Waals surface area (Å²) in [5, 5.41) is 3.00. The Morgan fingerprint density at radius 2 is 1.96 bits per heavy atom. The molecule has 5 nitrogen and oxygen atoms in total. The summed E-state index contributed by atoms with van der Waals surface area (Å²) in [6.45, 7) is 0. The Hall–Kier alpha value is -1.90. The molecule has 130 valence electrons. The maximum Gasteiger partial charge on any atom is 0.241 e. The number of rotatable bonds is 6. The van der Waals surface area contributed by atoms with Crippen LogP contribution in [0.1, 0.15) is 5.56 Å². The van der Waals surface area contributed by atoms with E-state index in [1.807, 2.05) is 30.5 Å². The van der Waals surface area contributed by atoms with E-state index in [4.69, 9.17) is 0 Å². The van der Waals surface area contributed by atoms with Crippen LogP contribution in [0.5, 0.6) is 0 Å². The molecule has 3 rings (SSSR count). The molecule has 0 bridgehead atoms. The Bertz CT molecular complexity index is 998. The molecule has 8 heteroatoms. The maximum absolute atomic E-state index is 12.2. The van der Waals surface area contributed by atoms with Crippen molar-refractivity contribution in [2.75, 3.05) is 17.3 Å². The van der Waals surface area contributed by atoms with Gasteiger partial charge in [-0.1, -0.05) is 41.7 Å². The Labute approximate surface area is 154 Å². The number of carbonyl (C=O) groups excluding carboxylic acids is 1. The zero-order chi connectivity index (χ0) is 17.9. The molecule has 0 aliphatic rings. The van der Waals surface area contributed by atoms with E-state index in [2.05, 4.69) is 10.3 Å². The summed E-state index contributed by atoms with van der Waals surface area (Å²) in [5.41, 5.74) is 1.45. The number of amides is 1. The van der Waals surface area contributed by atoms with Crippen molar-refractivity contribution in [1.29, 1.82) is 0 Å². The maximum atomic E-state index is 12.2. The lowest BCUT2D eigenvalue weighted by Crippen LogP contribution is -2.23.